The second-order valence-corrected chi connectivity index (χ2v) is 8.75. The van der Waals surface area contributed by atoms with Gasteiger partial charge in [-0.3, -0.25) is 9.36 Å². The summed E-state index contributed by atoms with van der Waals surface area (Å²) >= 11 is 1.25. The molecule has 4 rings (SSSR count). The number of aryl methyl sites for hydroxylation is 3. The Morgan fingerprint density at radius 2 is 1.94 bits per heavy atom. The zero-order valence-electron chi connectivity index (χ0n) is 17.3. The van der Waals surface area contributed by atoms with E-state index in [1.165, 1.54) is 42.2 Å². The first kappa shape index (κ1) is 20.8. The number of oxazole rings is 1. The molecule has 1 aromatic carbocycles. The minimum Gasteiger partial charge on any atom is -0.480 e. The van der Waals surface area contributed by atoms with Crippen LogP contribution in [0.5, 0.6) is 0 Å². The number of nitrogens with zero attached hydrogens (tertiary/aromatic N) is 3. The molecule has 0 aliphatic heterocycles. The van der Waals surface area contributed by atoms with Crippen molar-refractivity contribution in [2.45, 2.75) is 39.3 Å². The zero-order valence-corrected chi connectivity index (χ0v) is 18.1. The highest BCUT2D eigenvalue weighted by molar-refractivity contribution is 7.22. The first-order valence-electron chi connectivity index (χ1n) is 9.70. The lowest BCUT2D eigenvalue weighted by Crippen LogP contribution is -2.52. The zero-order chi connectivity index (χ0) is 22.3. The number of aliphatic carboxylic acids is 1. The van der Waals surface area contributed by atoms with Crippen molar-refractivity contribution in [2.75, 3.05) is 0 Å². The van der Waals surface area contributed by atoms with Crippen molar-refractivity contribution >= 4 is 27.5 Å². The van der Waals surface area contributed by atoms with Crippen LogP contribution in [0.25, 0.3) is 21.0 Å². The first-order chi connectivity index (χ1) is 14.7. The summed E-state index contributed by atoms with van der Waals surface area (Å²) in [5, 5.41) is 10.0. The van der Waals surface area contributed by atoms with Gasteiger partial charge in [-0.05, 0) is 38.3 Å². The molecule has 31 heavy (non-hydrogen) atoms. The molecule has 1 N–H and O–H groups in total. The van der Waals surface area contributed by atoms with Gasteiger partial charge in [0.2, 0.25) is 5.89 Å². The number of rotatable bonds is 6. The largest absolute Gasteiger partial charge is 0.480 e. The lowest BCUT2D eigenvalue weighted by atomic mass is 10.1. The Hall–Kier alpha value is -3.46. The number of carboxylic acids is 1. The van der Waals surface area contributed by atoms with Gasteiger partial charge in [-0.1, -0.05) is 30.3 Å². The fourth-order valence-electron chi connectivity index (χ4n) is 3.56. The molecule has 3 heterocycles. The average molecular weight is 439 g/mol. The van der Waals surface area contributed by atoms with E-state index in [0.29, 0.717) is 39.5 Å². The molecule has 0 spiro atoms. The van der Waals surface area contributed by atoms with Crippen LogP contribution in [-0.2, 0) is 23.3 Å². The molecule has 0 unspecified atom stereocenters. The van der Waals surface area contributed by atoms with Gasteiger partial charge in [-0.2, -0.15) is 0 Å². The van der Waals surface area contributed by atoms with Crippen LogP contribution in [0.3, 0.4) is 0 Å². The third-order valence-corrected chi connectivity index (χ3v) is 6.69. The number of hydrogen-bond acceptors (Lipinski definition) is 6. The Morgan fingerprint density at radius 1 is 1.23 bits per heavy atom. The fourth-order valence-corrected chi connectivity index (χ4v) is 4.82. The van der Waals surface area contributed by atoms with E-state index in [9.17, 15) is 19.5 Å². The van der Waals surface area contributed by atoms with Crippen molar-refractivity contribution in [1.82, 2.24) is 14.1 Å². The van der Waals surface area contributed by atoms with Crippen LogP contribution in [0.15, 0.2) is 56.8 Å². The van der Waals surface area contributed by atoms with E-state index in [4.69, 9.17) is 4.42 Å². The van der Waals surface area contributed by atoms with Gasteiger partial charge in [0.05, 0.1) is 16.5 Å². The minimum absolute atomic E-state index is 0.292. The monoisotopic (exact) mass is 439 g/mol. The number of fused-ring (bicyclic) bond motifs is 1. The molecule has 0 saturated carbocycles. The molecule has 8 nitrogen and oxygen atoms in total. The highest BCUT2D eigenvalue weighted by atomic mass is 32.1. The lowest BCUT2D eigenvalue weighted by Gasteiger charge is -2.23. The molecular weight excluding hydrogens is 418 g/mol. The van der Waals surface area contributed by atoms with Gasteiger partial charge in [-0.25, -0.2) is 19.1 Å². The molecule has 4 aromatic rings. The maximum atomic E-state index is 13.4. The van der Waals surface area contributed by atoms with Crippen molar-refractivity contribution in [2.24, 2.45) is 0 Å². The predicted molar refractivity (Wildman–Crippen MR) is 118 cm³/mol. The Morgan fingerprint density at radius 3 is 2.55 bits per heavy atom. The Labute approximate surface area is 181 Å². The van der Waals surface area contributed by atoms with Gasteiger partial charge in [-0.15, -0.1) is 11.3 Å². The smallest absolute Gasteiger partial charge is 0.333 e. The minimum atomic E-state index is -1.71. The summed E-state index contributed by atoms with van der Waals surface area (Å²) in [6, 6.07) is 9.65. The first-order valence-corrected chi connectivity index (χ1v) is 10.5. The third-order valence-electron chi connectivity index (χ3n) is 5.39. The summed E-state index contributed by atoms with van der Waals surface area (Å²) in [6.07, 6.45) is 3.49. The molecule has 0 amide bonds. The molecule has 0 atom stereocenters. The van der Waals surface area contributed by atoms with Crippen LogP contribution >= 0.6 is 11.3 Å². The van der Waals surface area contributed by atoms with Crippen LogP contribution in [0.2, 0.25) is 0 Å². The van der Waals surface area contributed by atoms with Crippen molar-refractivity contribution in [3.63, 3.8) is 0 Å². The number of hydrogen-bond donors (Lipinski definition) is 1. The molecule has 0 aliphatic rings. The summed E-state index contributed by atoms with van der Waals surface area (Å²) in [5.74, 6) is -0.911. The second kappa shape index (κ2) is 7.66. The molecule has 0 fully saturated rings. The molecule has 0 radical (unpaired) electrons. The van der Waals surface area contributed by atoms with E-state index in [2.05, 4.69) is 4.98 Å². The Bertz CT molecular complexity index is 1380. The number of carboxylic acid groups (broad SMARTS) is 1. The van der Waals surface area contributed by atoms with Gasteiger partial charge in [0.25, 0.3) is 5.56 Å². The summed E-state index contributed by atoms with van der Waals surface area (Å²) in [5.41, 5.74) is -1.36. The van der Waals surface area contributed by atoms with Gasteiger partial charge >= 0.3 is 11.7 Å². The van der Waals surface area contributed by atoms with Gasteiger partial charge < -0.3 is 9.52 Å². The van der Waals surface area contributed by atoms with Crippen molar-refractivity contribution < 1.29 is 14.3 Å². The van der Waals surface area contributed by atoms with Crippen LogP contribution in [0.4, 0.5) is 0 Å². The normalized spacial score (nSPS) is 11.8. The predicted octanol–water partition coefficient (Wildman–Crippen LogP) is 3.25. The fraction of sp³-hybridized carbons (Fsp3) is 0.273. The summed E-state index contributed by atoms with van der Waals surface area (Å²) in [6.45, 7) is 4.74. The molecule has 0 aliphatic carbocycles. The van der Waals surface area contributed by atoms with Crippen molar-refractivity contribution in [3.8, 4) is 10.8 Å². The van der Waals surface area contributed by atoms with Crippen LogP contribution in [-0.4, -0.2) is 25.2 Å². The van der Waals surface area contributed by atoms with Gasteiger partial charge in [0, 0.05) is 6.54 Å². The van der Waals surface area contributed by atoms with E-state index < -0.39 is 22.8 Å². The standard InChI is InChI=1S/C22H21N3O5S/c1-13-15-18(26)25(22(2,3)20(27)28)21(29)24(11-9-14-7-5-4-6-8-14)19(15)31-16(13)17-23-10-12-30-17/h4-8,10,12H,9,11H2,1-3H3,(H,27,28). The number of carbonyl (C=O) groups is 1. The number of thiophene rings is 1. The molecule has 9 heteroatoms. The second-order valence-electron chi connectivity index (χ2n) is 7.75. The van der Waals surface area contributed by atoms with Crippen molar-refractivity contribution in [1.29, 1.82) is 0 Å². The van der Waals surface area contributed by atoms with E-state index in [-0.39, 0.29) is 0 Å². The average Bonchev–Trinajstić information content (AvgIpc) is 3.36. The maximum absolute atomic E-state index is 13.4. The molecule has 160 valence electrons. The summed E-state index contributed by atoms with van der Waals surface area (Å²) in [4.78, 5) is 44.0. The van der Waals surface area contributed by atoms with E-state index >= 15 is 0 Å². The number of aromatic nitrogens is 3. The summed E-state index contributed by atoms with van der Waals surface area (Å²) < 4.78 is 7.73. The Kier molecular flexibility index (Phi) is 5.14. The quantitative estimate of drug-likeness (QED) is 0.494. The van der Waals surface area contributed by atoms with Gasteiger partial charge in [0.1, 0.15) is 16.6 Å². The van der Waals surface area contributed by atoms with E-state index in [0.717, 1.165) is 10.1 Å². The van der Waals surface area contributed by atoms with Crippen LogP contribution < -0.4 is 11.2 Å². The topological polar surface area (TPSA) is 107 Å². The van der Waals surface area contributed by atoms with Gasteiger partial charge in [0.15, 0.2) is 0 Å². The molecule has 0 bridgehead atoms. The maximum Gasteiger partial charge on any atom is 0.333 e. The summed E-state index contributed by atoms with van der Waals surface area (Å²) in [7, 11) is 0. The molecule has 0 saturated heterocycles. The lowest BCUT2D eigenvalue weighted by molar-refractivity contribution is -0.146. The SMILES string of the molecule is Cc1c(-c2ncco2)sc2c1c(=O)n(C(C)(C)C(=O)O)c(=O)n2CCc1ccccc1. The Balaban J connectivity index is 2.01. The van der Waals surface area contributed by atoms with Crippen molar-refractivity contribution in [3.05, 3.63) is 74.8 Å². The van der Waals surface area contributed by atoms with Crippen LogP contribution in [0.1, 0.15) is 25.0 Å². The highest BCUT2D eigenvalue weighted by Gasteiger charge is 2.35. The number of benzene rings is 1. The highest BCUT2D eigenvalue weighted by Crippen LogP contribution is 2.35. The van der Waals surface area contributed by atoms with Crippen LogP contribution in [0, 0.1) is 6.92 Å². The molecule has 3 aromatic heterocycles. The van der Waals surface area contributed by atoms with E-state index in [1.54, 1.807) is 6.92 Å². The van der Waals surface area contributed by atoms with E-state index in [1.807, 2.05) is 30.3 Å². The molecular formula is C22H21N3O5S. The third kappa shape index (κ3) is 3.40.